The number of rotatable bonds is 5. The summed E-state index contributed by atoms with van der Waals surface area (Å²) in [5.74, 6) is -2.75. The first kappa shape index (κ1) is 17.0. The molecule has 0 spiro atoms. The van der Waals surface area contributed by atoms with Crippen LogP contribution >= 0.6 is 0 Å². The molecule has 2 aliphatic carbocycles. The van der Waals surface area contributed by atoms with Crippen LogP contribution in [0.5, 0.6) is 5.75 Å². The Kier molecular flexibility index (Phi) is 3.95. The first-order valence-electron chi connectivity index (χ1n) is 8.57. The van der Waals surface area contributed by atoms with E-state index in [0.29, 0.717) is 24.2 Å². The van der Waals surface area contributed by atoms with Gasteiger partial charge in [0.2, 0.25) is 0 Å². The van der Waals surface area contributed by atoms with Crippen molar-refractivity contribution in [3.63, 3.8) is 0 Å². The van der Waals surface area contributed by atoms with Gasteiger partial charge in [0, 0.05) is 24.9 Å². The molecule has 2 N–H and O–H groups in total. The van der Waals surface area contributed by atoms with Crippen molar-refractivity contribution in [2.75, 3.05) is 6.54 Å². The molecule has 136 valence electrons. The van der Waals surface area contributed by atoms with Gasteiger partial charge >= 0.3 is 0 Å². The minimum atomic E-state index is -2.75. The highest BCUT2D eigenvalue weighted by Gasteiger charge is 2.59. The molecule has 1 amide bonds. The number of alkyl halides is 2. The zero-order valence-electron chi connectivity index (χ0n) is 14.0. The maximum atomic E-state index is 12.9. The van der Waals surface area contributed by atoms with Crippen LogP contribution in [-0.4, -0.2) is 35.2 Å². The Bertz CT molecular complexity index is 810. The summed E-state index contributed by atoms with van der Waals surface area (Å²) < 4.78 is 30.9. The largest absolute Gasteiger partial charge is 0.484 e. The van der Waals surface area contributed by atoms with Crippen LogP contribution in [0.2, 0.25) is 0 Å². The van der Waals surface area contributed by atoms with Crippen molar-refractivity contribution < 1.29 is 23.4 Å². The average Bonchev–Trinajstić information content (AvgIpc) is 3.06. The zero-order valence-corrected chi connectivity index (χ0v) is 14.0. The fourth-order valence-electron chi connectivity index (χ4n) is 3.31. The summed E-state index contributed by atoms with van der Waals surface area (Å²) in [6, 6.07) is 13.9. The van der Waals surface area contributed by atoms with E-state index in [9.17, 15) is 18.7 Å². The Labute approximate surface area is 149 Å². The van der Waals surface area contributed by atoms with Gasteiger partial charge in [-0.25, -0.2) is 8.78 Å². The molecule has 1 atom stereocenters. The molecule has 4 nitrogen and oxygen atoms in total. The highest BCUT2D eigenvalue weighted by molar-refractivity contribution is 5.94. The monoisotopic (exact) mass is 359 g/mol. The maximum absolute atomic E-state index is 12.9. The van der Waals surface area contributed by atoms with E-state index in [2.05, 4.69) is 5.32 Å². The van der Waals surface area contributed by atoms with E-state index in [1.807, 2.05) is 24.3 Å². The number of hydrogen-bond donors (Lipinski definition) is 2. The van der Waals surface area contributed by atoms with Gasteiger partial charge in [-0.2, -0.15) is 0 Å². The van der Waals surface area contributed by atoms with Crippen molar-refractivity contribution in [1.82, 2.24) is 5.32 Å². The van der Waals surface area contributed by atoms with Crippen LogP contribution in [0.15, 0.2) is 48.5 Å². The van der Waals surface area contributed by atoms with Crippen LogP contribution in [-0.2, 0) is 12.8 Å². The number of fused-ring (bicyclic) bond motifs is 1. The highest BCUT2D eigenvalue weighted by Crippen LogP contribution is 2.44. The van der Waals surface area contributed by atoms with Crippen molar-refractivity contribution in [3.05, 3.63) is 65.2 Å². The van der Waals surface area contributed by atoms with Crippen molar-refractivity contribution in [2.24, 2.45) is 0 Å². The van der Waals surface area contributed by atoms with E-state index >= 15 is 0 Å². The molecule has 2 aliphatic rings. The number of benzene rings is 2. The molecule has 2 aromatic carbocycles. The second-order valence-electron chi connectivity index (χ2n) is 7.13. The maximum Gasteiger partial charge on any atom is 0.288 e. The van der Waals surface area contributed by atoms with Gasteiger partial charge in [-0.15, -0.1) is 0 Å². The lowest BCUT2D eigenvalue weighted by Crippen LogP contribution is -2.43. The topological polar surface area (TPSA) is 58.6 Å². The average molecular weight is 359 g/mol. The number of halogens is 2. The van der Waals surface area contributed by atoms with Crippen molar-refractivity contribution in [2.45, 2.75) is 36.9 Å². The molecule has 1 fully saturated rings. The van der Waals surface area contributed by atoms with Gasteiger partial charge in [0.25, 0.3) is 11.8 Å². The molecule has 0 bridgehead atoms. The summed E-state index contributed by atoms with van der Waals surface area (Å²) >= 11 is 0. The predicted molar refractivity (Wildman–Crippen MR) is 91.6 cm³/mol. The van der Waals surface area contributed by atoms with Gasteiger partial charge in [0.15, 0.2) is 6.10 Å². The van der Waals surface area contributed by atoms with Gasteiger partial charge in [0.1, 0.15) is 5.75 Å². The number of aliphatic hydroxyl groups is 1. The van der Waals surface area contributed by atoms with Crippen molar-refractivity contribution in [3.8, 4) is 5.75 Å². The minimum absolute atomic E-state index is 0.146. The lowest BCUT2D eigenvalue weighted by molar-refractivity contribution is 0.0480. The van der Waals surface area contributed by atoms with Crippen molar-refractivity contribution >= 4 is 5.91 Å². The third kappa shape index (κ3) is 3.42. The van der Waals surface area contributed by atoms with Crippen LogP contribution in [0.3, 0.4) is 0 Å². The first-order chi connectivity index (χ1) is 12.3. The second-order valence-corrected chi connectivity index (χ2v) is 7.13. The summed E-state index contributed by atoms with van der Waals surface area (Å²) in [6.45, 7) is 0.146. The normalized spacial score (nSPS) is 21.7. The molecular weight excluding hydrogens is 340 g/mol. The molecule has 1 unspecified atom stereocenters. The van der Waals surface area contributed by atoms with Gasteiger partial charge in [0.05, 0.1) is 12.0 Å². The van der Waals surface area contributed by atoms with E-state index in [1.54, 1.807) is 0 Å². The first-order valence-corrected chi connectivity index (χ1v) is 8.57. The van der Waals surface area contributed by atoms with E-state index in [-0.39, 0.29) is 18.9 Å². The van der Waals surface area contributed by atoms with Gasteiger partial charge in [-0.3, -0.25) is 4.79 Å². The highest BCUT2D eigenvalue weighted by atomic mass is 19.3. The predicted octanol–water partition coefficient (Wildman–Crippen LogP) is 2.73. The number of amides is 1. The van der Waals surface area contributed by atoms with E-state index in [0.717, 1.165) is 11.1 Å². The van der Waals surface area contributed by atoms with Crippen LogP contribution in [0.4, 0.5) is 8.78 Å². The number of ether oxygens (including phenoxy) is 1. The van der Waals surface area contributed by atoms with Crippen molar-refractivity contribution in [1.29, 1.82) is 0 Å². The standard InChI is InChI=1S/C20H19F2NO3/c21-20(22)11-17(20)26-16-7-5-13(6-8-16)18(24)23-12-19(25)9-14-3-1-2-4-15(14)10-19/h1-8,17,25H,9-12H2,(H,23,24). The number of hydrogen-bond acceptors (Lipinski definition) is 3. The van der Waals surface area contributed by atoms with Gasteiger partial charge in [-0.05, 0) is 35.4 Å². The number of nitrogens with one attached hydrogen (secondary N) is 1. The fraction of sp³-hybridized carbons (Fsp3) is 0.350. The molecule has 26 heavy (non-hydrogen) atoms. The molecule has 4 rings (SSSR count). The van der Waals surface area contributed by atoms with Crippen LogP contribution in [0.1, 0.15) is 27.9 Å². The van der Waals surface area contributed by atoms with E-state index < -0.39 is 17.6 Å². The Hall–Kier alpha value is -2.47. The molecule has 2 aromatic rings. The molecule has 0 radical (unpaired) electrons. The summed E-state index contributed by atoms with van der Waals surface area (Å²) in [4.78, 5) is 12.3. The summed E-state index contributed by atoms with van der Waals surface area (Å²) in [5.41, 5.74) is 1.60. The van der Waals surface area contributed by atoms with Crippen LogP contribution in [0.25, 0.3) is 0 Å². The Morgan fingerprint density at radius 3 is 2.23 bits per heavy atom. The zero-order chi connectivity index (χ0) is 18.4. The number of carbonyl (C=O) groups excluding carboxylic acids is 1. The van der Waals surface area contributed by atoms with Gasteiger partial charge < -0.3 is 15.2 Å². The fourth-order valence-corrected chi connectivity index (χ4v) is 3.31. The summed E-state index contributed by atoms with van der Waals surface area (Å²) in [6.07, 6.45) is -0.325. The Morgan fingerprint density at radius 2 is 1.69 bits per heavy atom. The van der Waals surface area contributed by atoms with Crippen LogP contribution in [0, 0.1) is 0 Å². The molecule has 0 aliphatic heterocycles. The van der Waals surface area contributed by atoms with E-state index in [1.165, 1.54) is 24.3 Å². The SMILES string of the molecule is O=C(NCC1(O)Cc2ccccc2C1)c1ccc(OC2CC2(F)F)cc1. The summed E-state index contributed by atoms with van der Waals surface area (Å²) in [5, 5.41) is 13.5. The second kappa shape index (κ2) is 6.06. The molecule has 6 heteroatoms. The molecule has 0 aromatic heterocycles. The molecule has 0 heterocycles. The quantitative estimate of drug-likeness (QED) is 0.863. The Balaban J connectivity index is 1.32. The summed E-state index contributed by atoms with van der Waals surface area (Å²) in [7, 11) is 0. The van der Waals surface area contributed by atoms with E-state index in [4.69, 9.17) is 4.74 Å². The third-order valence-corrected chi connectivity index (χ3v) is 4.90. The smallest absolute Gasteiger partial charge is 0.288 e. The molecular formula is C20H19F2NO3. The molecule has 0 saturated heterocycles. The van der Waals surface area contributed by atoms with Crippen LogP contribution < -0.4 is 10.1 Å². The number of carbonyl (C=O) groups is 1. The minimum Gasteiger partial charge on any atom is -0.484 e. The Morgan fingerprint density at radius 1 is 1.12 bits per heavy atom. The lowest BCUT2D eigenvalue weighted by Gasteiger charge is -2.22. The third-order valence-electron chi connectivity index (χ3n) is 4.90. The molecule has 1 saturated carbocycles. The lowest BCUT2D eigenvalue weighted by atomic mass is 10.0. The van der Waals surface area contributed by atoms with Gasteiger partial charge in [-0.1, -0.05) is 24.3 Å².